The third-order valence-electron chi connectivity index (χ3n) is 3.57. The number of nitrogens with one attached hydrogen (secondary N) is 1. The summed E-state index contributed by atoms with van der Waals surface area (Å²) in [6.07, 6.45) is 0. The fourth-order valence-electron chi connectivity index (χ4n) is 2.36. The highest BCUT2D eigenvalue weighted by Gasteiger charge is 2.11. The summed E-state index contributed by atoms with van der Waals surface area (Å²) in [4.78, 5) is 25.6. The van der Waals surface area contributed by atoms with Crippen LogP contribution in [0.5, 0.6) is 0 Å². The van der Waals surface area contributed by atoms with Crippen LogP contribution in [0.25, 0.3) is 10.8 Å². The third kappa shape index (κ3) is 5.00. The summed E-state index contributed by atoms with van der Waals surface area (Å²) >= 11 is 9.18. The minimum Gasteiger partial charge on any atom is -0.455 e. The molecule has 1 N–H and O–H groups in total. The predicted molar refractivity (Wildman–Crippen MR) is 107 cm³/mol. The second kappa shape index (κ2) is 9.07. The molecule has 0 saturated carbocycles. The van der Waals surface area contributed by atoms with E-state index in [4.69, 9.17) is 16.3 Å². The molecule has 3 rings (SSSR count). The van der Waals surface area contributed by atoms with E-state index < -0.39 is 5.97 Å². The highest BCUT2D eigenvalue weighted by atomic mass is 35.5. The smallest absolute Gasteiger partial charge is 0.316 e. The molecule has 0 aliphatic rings. The van der Waals surface area contributed by atoms with E-state index in [1.165, 1.54) is 11.8 Å². The molecule has 7 heteroatoms. The lowest BCUT2D eigenvalue weighted by molar-refractivity contribution is -0.145. The fourth-order valence-corrected chi connectivity index (χ4v) is 4.24. The number of rotatable bonds is 7. The Morgan fingerprint density at radius 2 is 1.92 bits per heavy atom. The highest BCUT2D eigenvalue weighted by Crippen LogP contribution is 2.33. The normalized spacial score (nSPS) is 10.7. The molecule has 0 unspecified atom stereocenters. The summed E-state index contributed by atoms with van der Waals surface area (Å²) < 4.78 is 5.04. The molecule has 3 aromatic rings. The molecule has 1 aromatic heterocycles. The minimum absolute atomic E-state index is 0.114. The Hall–Kier alpha value is -2.02. The average Bonchev–Trinajstić information content (AvgIpc) is 3.16. The number of thiophene rings is 1. The van der Waals surface area contributed by atoms with Crippen molar-refractivity contribution in [1.29, 1.82) is 0 Å². The Labute approximate surface area is 164 Å². The second-order valence-corrected chi connectivity index (χ2v) is 7.86. The van der Waals surface area contributed by atoms with Gasteiger partial charge in [-0.15, -0.1) is 23.1 Å². The van der Waals surface area contributed by atoms with Gasteiger partial charge in [-0.1, -0.05) is 41.9 Å². The first-order valence-corrected chi connectivity index (χ1v) is 10.1. The maximum atomic E-state index is 11.9. The van der Waals surface area contributed by atoms with Crippen LogP contribution in [0.4, 0.5) is 0 Å². The van der Waals surface area contributed by atoms with Gasteiger partial charge in [-0.3, -0.25) is 9.59 Å². The SMILES string of the molecule is O=C(COC(=O)CSc1cccc2cccc(Cl)c12)NCc1cccs1. The van der Waals surface area contributed by atoms with E-state index in [-0.39, 0.29) is 18.3 Å². The van der Waals surface area contributed by atoms with Gasteiger partial charge in [0.05, 0.1) is 12.3 Å². The Kier molecular flexibility index (Phi) is 6.55. The molecule has 0 radical (unpaired) electrons. The molecule has 2 aromatic carbocycles. The van der Waals surface area contributed by atoms with Crippen LogP contribution in [-0.2, 0) is 20.9 Å². The summed E-state index contributed by atoms with van der Waals surface area (Å²) in [5.74, 6) is -0.641. The van der Waals surface area contributed by atoms with Crippen LogP contribution < -0.4 is 5.32 Å². The number of carbonyl (C=O) groups is 2. The number of hydrogen-bond donors (Lipinski definition) is 1. The molecular weight excluding hydrogens is 390 g/mol. The molecule has 0 atom stereocenters. The van der Waals surface area contributed by atoms with E-state index in [1.54, 1.807) is 11.3 Å². The molecule has 0 spiro atoms. The number of halogens is 1. The van der Waals surface area contributed by atoms with Gasteiger partial charge in [0, 0.05) is 20.2 Å². The van der Waals surface area contributed by atoms with Gasteiger partial charge in [-0.25, -0.2) is 0 Å². The Balaban J connectivity index is 1.48. The van der Waals surface area contributed by atoms with E-state index in [2.05, 4.69) is 5.32 Å². The first kappa shape index (κ1) is 18.8. The molecule has 1 amide bonds. The van der Waals surface area contributed by atoms with Crippen molar-refractivity contribution in [2.24, 2.45) is 0 Å². The minimum atomic E-state index is -0.440. The Morgan fingerprint density at radius 3 is 2.69 bits per heavy atom. The molecule has 134 valence electrons. The van der Waals surface area contributed by atoms with Gasteiger partial charge in [0.1, 0.15) is 0 Å². The molecule has 0 aliphatic carbocycles. The monoisotopic (exact) mass is 405 g/mol. The standard InChI is InChI=1S/C19H16ClNO3S2/c20-15-7-1-4-13-5-2-8-16(19(13)15)26-12-18(23)24-11-17(22)21-10-14-6-3-9-25-14/h1-9H,10-12H2,(H,21,22). The summed E-state index contributed by atoms with van der Waals surface area (Å²) in [7, 11) is 0. The largest absolute Gasteiger partial charge is 0.455 e. The molecule has 1 heterocycles. The Morgan fingerprint density at radius 1 is 1.12 bits per heavy atom. The molecule has 26 heavy (non-hydrogen) atoms. The van der Waals surface area contributed by atoms with Crippen molar-refractivity contribution in [1.82, 2.24) is 5.32 Å². The van der Waals surface area contributed by atoms with E-state index in [0.717, 1.165) is 20.5 Å². The summed E-state index contributed by atoms with van der Waals surface area (Å²) in [5.41, 5.74) is 0. The van der Waals surface area contributed by atoms with Gasteiger partial charge in [0.2, 0.25) is 0 Å². The number of benzene rings is 2. The summed E-state index contributed by atoms with van der Waals surface area (Å²) in [5, 5.41) is 7.24. The van der Waals surface area contributed by atoms with Gasteiger partial charge < -0.3 is 10.1 Å². The van der Waals surface area contributed by atoms with Crippen LogP contribution in [0, 0.1) is 0 Å². The van der Waals surface area contributed by atoms with Crippen LogP contribution >= 0.6 is 34.7 Å². The van der Waals surface area contributed by atoms with Crippen LogP contribution in [0.1, 0.15) is 4.88 Å². The molecule has 0 aliphatic heterocycles. The second-order valence-electron chi connectivity index (χ2n) is 5.40. The van der Waals surface area contributed by atoms with Crippen molar-refractivity contribution in [3.8, 4) is 0 Å². The predicted octanol–water partition coefficient (Wildman–Crippen LogP) is 4.51. The number of fused-ring (bicyclic) bond motifs is 1. The van der Waals surface area contributed by atoms with Crippen LogP contribution in [-0.4, -0.2) is 24.2 Å². The van der Waals surface area contributed by atoms with Crippen LogP contribution in [0.15, 0.2) is 58.8 Å². The van der Waals surface area contributed by atoms with Gasteiger partial charge in [-0.2, -0.15) is 0 Å². The van der Waals surface area contributed by atoms with Gasteiger partial charge in [0.25, 0.3) is 5.91 Å². The first-order valence-electron chi connectivity index (χ1n) is 7.88. The number of carbonyl (C=O) groups excluding carboxylic acids is 2. The molecule has 0 bridgehead atoms. The number of amides is 1. The van der Waals surface area contributed by atoms with Crippen molar-refractivity contribution in [2.75, 3.05) is 12.4 Å². The van der Waals surface area contributed by atoms with Crippen molar-refractivity contribution in [3.05, 3.63) is 63.8 Å². The van der Waals surface area contributed by atoms with Crippen molar-refractivity contribution < 1.29 is 14.3 Å². The van der Waals surface area contributed by atoms with Gasteiger partial charge in [0.15, 0.2) is 6.61 Å². The number of hydrogen-bond acceptors (Lipinski definition) is 5. The van der Waals surface area contributed by atoms with Crippen LogP contribution in [0.2, 0.25) is 5.02 Å². The highest BCUT2D eigenvalue weighted by molar-refractivity contribution is 8.00. The summed E-state index contributed by atoms with van der Waals surface area (Å²) in [6, 6.07) is 15.4. The zero-order valence-electron chi connectivity index (χ0n) is 13.7. The molecule has 0 saturated heterocycles. The van der Waals surface area contributed by atoms with E-state index in [0.29, 0.717) is 11.6 Å². The average molecular weight is 406 g/mol. The van der Waals surface area contributed by atoms with Gasteiger partial charge >= 0.3 is 5.97 Å². The molecule has 4 nitrogen and oxygen atoms in total. The van der Waals surface area contributed by atoms with Crippen LogP contribution in [0.3, 0.4) is 0 Å². The van der Waals surface area contributed by atoms with Crippen molar-refractivity contribution in [3.63, 3.8) is 0 Å². The van der Waals surface area contributed by atoms with E-state index >= 15 is 0 Å². The molecular formula is C19H16ClNO3S2. The number of thioether (sulfide) groups is 1. The number of ether oxygens (including phenoxy) is 1. The van der Waals surface area contributed by atoms with E-state index in [1.807, 2.05) is 53.9 Å². The molecule has 0 fully saturated rings. The maximum absolute atomic E-state index is 11.9. The first-order chi connectivity index (χ1) is 12.6. The zero-order valence-corrected chi connectivity index (χ0v) is 16.1. The third-order valence-corrected chi connectivity index (χ3v) is 5.79. The van der Waals surface area contributed by atoms with E-state index in [9.17, 15) is 9.59 Å². The number of esters is 1. The van der Waals surface area contributed by atoms with Gasteiger partial charge in [-0.05, 0) is 29.0 Å². The quantitative estimate of drug-likeness (QED) is 0.464. The zero-order chi connectivity index (χ0) is 18.4. The van der Waals surface area contributed by atoms with Crippen molar-refractivity contribution in [2.45, 2.75) is 11.4 Å². The fraction of sp³-hybridized carbons (Fsp3) is 0.158. The topological polar surface area (TPSA) is 55.4 Å². The maximum Gasteiger partial charge on any atom is 0.316 e. The Bertz CT molecular complexity index is 907. The lowest BCUT2D eigenvalue weighted by atomic mass is 10.1. The summed E-state index contributed by atoms with van der Waals surface area (Å²) in [6.45, 7) is 0.165. The van der Waals surface area contributed by atoms with Crippen molar-refractivity contribution >= 4 is 57.3 Å². The lowest BCUT2D eigenvalue weighted by Gasteiger charge is -2.08. The lowest BCUT2D eigenvalue weighted by Crippen LogP contribution is -2.28.